The van der Waals surface area contributed by atoms with E-state index >= 15 is 0 Å². The van der Waals surface area contributed by atoms with Crippen LogP contribution in [0.5, 0.6) is 0 Å². The Morgan fingerprint density at radius 2 is 1.65 bits per heavy atom. The minimum atomic E-state index is -0.519. The van der Waals surface area contributed by atoms with Gasteiger partial charge in [-0.05, 0) is 69.4 Å². The second kappa shape index (κ2) is 9.88. The molecule has 2 saturated heterocycles. The van der Waals surface area contributed by atoms with Crippen LogP contribution in [0.3, 0.4) is 0 Å². The lowest BCUT2D eigenvalue weighted by atomic mass is 9.77. The Labute approximate surface area is 241 Å². The molecule has 1 saturated carbocycles. The van der Waals surface area contributed by atoms with Gasteiger partial charge in [0.1, 0.15) is 0 Å². The zero-order chi connectivity index (χ0) is 28.3. The van der Waals surface area contributed by atoms with Gasteiger partial charge in [0.15, 0.2) is 0 Å². The Hall–Kier alpha value is -2.90. The fourth-order valence-corrected chi connectivity index (χ4v) is 6.13. The van der Waals surface area contributed by atoms with Crippen molar-refractivity contribution in [3.8, 4) is 17.2 Å². The van der Waals surface area contributed by atoms with Crippen LogP contribution in [0.15, 0.2) is 48.7 Å². The zero-order valence-corrected chi connectivity index (χ0v) is 24.7. The molecular weight excluding hydrogens is 519 g/mol. The quantitative estimate of drug-likeness (QED) is 0.332. The van der Waals surface area contributed by atoms with Gasteiger partial charge in [0, 0.05) is 43.3 Å². The van der Waals surface area contributed by atoms with Crippen LogP contribution in [0.4, 0.5) is 0 Å². The minimum Gasteiger partial charge on any atom is -0.399 e. The fourth-order valence-electron chi connectivity index (χ4n) is 5.60. The van der Waals surface area contributed by atoms with Crippen LogP contribution >= 0.6 is 11.9 Å². The first kappa shape index (κ1) is 27.3. The second-order valence-corrected chi connectivity index (χ2v) is 13.0. The van der Waals surface area contributed by atoms with E-state index in [0.29, 0.717) is 18.7 Å². The largest absolute Gasteiger partial charge is 0.494 e. The highest BCUT2D eigenvalue weighted by atomic mass is 32.2. The van der Waals surface area contributed by atoms with Crippen LogP contribution in [0, 0.1) is 11.3 Å². The van der Waals surface area contributed by atoms with Gasteiger partial charge < -0.3 is 14.2 Å². The molecule has 2 aliphatic heterocycles. The van der Waals surface area contributed by atoms with Gasteiger partial charge in [-0.2, -0.15) is 5.26 Å². The third-order valence-electron chi connectivity index (χ3n) is 9.12. The molecule has 6 rings (SSSR count). The normalized spacial score (nSPS) is 21.4. The lowest BCUT2D eigenvalue weighted by molar-refractivity contribution is 0.00578. The summed E-state index contributed by atoms with van der Waals surface area (Å²) in [5.41, 5.74) is 3.83. The van der Waals surface area contributed by atoms with E-state index in [1.807, 2.05) is 69.0 Å². The third kappa shape index (κ3) is 4.61. The van der Waals surface area contributed by atoms with Gasteiger partial charge in [-0.3, -0.25) is 9.78 Å². The van der Waals surface area contributed by atoms with Crippen LogP contribution in [0.25, 0.3) is 22.0 Å². The van der Waals surface area contributed by atoms with Crippen molar-refractivity contribution in [1.82, 2.24) is 14.2 Å². The van der Waals surface area contributed by atoms with Crippen molar-refractivity contribution < 1.29 is 14.1 Å². The highest BCUT2D eigenvalue weighted by Crippen LogP contribution is 2.48. The van der Waals surface area contributed by atoms with Crippen molar-refractivity contribution in [2.45, 2.75) is 57.2 Å². The molecule has 3 heterocycles. The van der Waals surface area contributed by atoms with Gasteiger partial charge in [0.2, 0.25) is 0 Å². The summed E-state index contributed by atoms with van der Waals surface area (Å²) in [4.78, 5) is 20.7. The smallest absolute Gasteiger partial charge is 0.399 e. The van der Waals surface area contributed by atoms with Gasteiger partial charge in [-0.1, -0.05) is 48.3 Å². The number of hydrogen-bond donors (Lipinski definition) is 0. The summed E-state index contributed by atoms with van der Waals surface area (Å²) in [6, 6.07) is 16.7. The molecule has 3 fully saturated rings. The molecule has 0 spiro atoms. The Morgan fingerprint density at radius 1 is 1.00 bits per heavy atom. The van der Waals surface area contributed by atoms with Gasteiger partial charge in [0.05, 0.1) is 33.8 Å². The summed E-state index contributed by atoms with van der Waals surface area (Å²) in [7, 11) is -0.519. The Balaban J connectivity index is 1.45. The van der Waals surface area contributed by atoms with Crippen LogP contribution in [-0.4, -0.2) is 70.9 Å². The molecule has 1 amide bonds. The SMILES string of the molecule is CSN1CCN(C(=O)c2cnc3ccc(B4OC(C)(C)C(C)(C)O4)cc3c2-c2ccc(C3(C#N)CC3)cc2)CC1. The Morgan fingerprint density at radius 3 is 2.23 bits per heavy atom. The molecule has 206 valence electrons. The second-order valence-electron chi connectivity index (χ2n) is 12.1. The number of piperazine rings is 1. The summed E-state index contributed by atoms with van der Waals surface area (Å²) in [6.07, 6.45) is 5.58. The summed E-state index contributed by atoms with van der Waals surface area (Å²) in [6.45, 7) is 11.2. The first-order chi connectivity index (χ1) is 19.1. The van der Waals surface area contributed by atoms with Crippen molar-refractivity contribution in [3.63, 3.8) is 0 Å². The van der Waals surface area contributed by atoms with Crippen LogP contribution in [-0.2, 0) is 14.7 Å². The number of fused-ring (bicyclic) bond motifs is 1. The molecule has 40 heavy (non-hydrogen) atoms. The average molecular weight is 555 g/mol. The van der Waals surface area contributed by atoms with Crippen LogP contribution in [0.1, 0.15) is 56.5 Å². The first-order valence-electron chi connectivity index (χ1n) is 14.0. The Kier molecular flexibility index (Phi) is 6.74. The summed E-state index contributed by atoms with van der Waals surface area (Å²) < 4.78 is 15.0. The molecule has 1 aromatic heterocycles. The molecule has 0 radical (unpaired) electrons. The summed E-state index contributed by atoms with van der Waals surface area (Å²) >= 11 is 1.72. The highest BCUT2D eigenvalue weighted by molar-refractivity contribution is 7.96. The number of hydrogen-bond acceptors (Lipinski definition) is 7. The number of nitriles is 1. The van der Waals surface area contributed by atoms with E-state index in [1.54, 1.807) is 18.1 Å². The van der Waals surface area contributed by atoms with Crippen molar-refractivity contribution in [1.29, 1.82) is 5.26 Å². The molecule has 1 aliphatic carbocycles. The van der Waals surface area contributed by atoms with E-state index in [9.17, 15) is 10.1 Å². The number of nitrogens with zero attached hydrogens (tertiary/aromatic N) is 4. The van der Waals surface area contributed by atoms with Gasteiger partial charge in [0.25, 0.3) is 5.91 Å². The van der Waals surface area contributed by atoms with Crippen LogP contribution < -0.4 is 5.46 Å². The van der Waals surface area contributed by atoms with E-state index in [2.05, 4.69) is 22.7 Å². The Bertz CT molecular complexity index is 1490. The predicted molar refractivity (Wildman–Crippen MR) is 160 cm³/mol. The molecule has 0 unspecified atom stereocenters. The number of carbonyl (C=O) groups is 1. The molecule has 0 bridgehead atoms. The first-order valence-corrected chi connectivity index (χ1v) is 15.1. The van der Waals surface area contributed by atoms with Gasteiger partial charge in [-0.25, -0.2) is 4.31 Å². The third-order valence-corrected chi connectivity index (χ3v) is 10.0. The highest BCUT2D eigenvalue weighted by Gasteiger charge is 2.51. The van der Waals surface area contributed by atoms with Crippen molar-refractivity contribution in [2.24, 2.45) is 0 Å². The number of carbonyl (C=O) groups excluding carboxylic acids is 1. The van der Waals surface area contributed by atoms with E-state index in [0.717, 1.165) is 59.0 Å². The number of amides is 1. The van der Waals surface area contributed by atoms with E-state index in [4.69, 9.17) is 14.3 Å². The standard InChI is InChI=1S/C31H35BN4O3S/c1-29(2)30(3,4)39-32(38-29)23-10-11-26-24(18-23)27(21-6-8-22(9-7-21)31(20-33)12-13-31)25(19-34-26)28(37)35-14-16-36(40-5)17-15-35/h6-11,18-19H,12-17H2,1-5H3. The van der Waals surface area contributed by atoms with E-state index < -0.39 is 18.3 Å². The number of aromatic nitrogens is 1. The molecule has 9 heteroatoms. The molecule has 3 aromatic rings. The maximum Gasteiger partial charge on any atom is 0.494 e. The summed E-state index contributed by atoms with van der Waals surface area (Å²) in [5.74, 6) is -0.00838. The van der Waals surface area contributed by atoms with E-state index in [-0.39, 0.29) is 11.3 Å². The molecular formula is C31H35BN4O3S. The maximum absolute atomic E-state index is 14.0. The molecule has 0 N–H and O–H groups in total. The van der Waals surface area contributed by atoms with Gasteiger partial charge in [-0.15, -0.1) is 0 Å². The topological polar surface area (TPSA) is 78.7 Å². The van der Waals surface area contributed by atoms with Gasteiger partial charge >= 0.3 is 7.12 Å². The van der Waals surface area contributed by atoms with E-state index in [1.165, 1.54) is 0 Å². The molecule has 7 nitrogen and oxygen atoms in total. The van der Waals surface area contributed by atoms with Crippen molar-refractivity contribution in [3.05, 3.63) is 59.8 Å². The lowest BCUT2D eigenvalue weighted by Gasteiger charge is -2.33. The maximum atomic E-state index is 14.0. The lowest BCUT2D eigenvalue weighted by Crippen LogP contribution is -2.46. The number of benzene rings is 2. The molecule has 3 aliphatic rings. The fraction of sp³-hybridized carbons (Fsp3) is 0.452. The monoisotopic (exact) mass is 554 g/mol. The minimum absolute atomic E-state index is 0.00838. The van der Waals surface area contributed by atoms with Crippen molar-refractivity contribution >= 4 is 41.3 Å². The molecule has 2 aromatic carbocycles. The van der Waals surface area contributed by atoms with Crippen molar-refractivity contribution in [2.75, 3.05) is 32.4 Å². The predicted octanol–water partition coefficient (Wildman–Crippen LogP) is 4.79. The summed E-state index contributed by atoms with van der Waals surface area (Å²) in [5, 5.41) is 10.6. The number of pyridine rings is 1. The number of rotatable bonds is 5. The zero-order valence-electron chi connectivity index (χ0n) is 23.9. The average Bonchev–Trinajstić information content (AvgIpc) is 3.73. The van der Waals surface area contributed by atoms with Crippen LogP contribution in [0.2, 0.25) is 0 Å². The molecule has 0 atom stereocenters.